The first-order valence-corrected chi connectivity index (χ1v) is 9.22. The van der Waals surface area contributed by atoms with E-state index in [0.29, 0.717) is 6.04 Å². The van der Waals surface area contributed by atoms with Gasteiger partial charge in [0.25, 0.3) is 0 Å². The van der Waals surface area contributed by atoms with Crippen molar-refractivity contribution in [3.63, 3.8) is 0 Å². The van der Waals surface area contributed by atoms with Gasteiger partial charge in [-0.25, -0.2) is 0 Å². The van der Waals surface area contributed by atoms with Gasteiger partial charge in [0.2, 0.25) is 0 Å². The molecule has 1 aliphatic rings. The number of hydrogen-bond acceptors (Lipinski definition) is 1. The summed E-state index contributed by atoms with van der Waals surface area (Å²) in [5.74, 6) is 0. The first kappa shape index (κ1) is 16.2. The van der Waals surface area contributed by atoms with Crippen LogP contribution in [0.4, 0.5) is 0 Å². The van der Waals surface area contributed by atoms with Gasteiger partial charge >= 0.3 is 0 Å². The Hall–Kier alpha value is -2.32. The van der Waals surface area contributed by atoms with Gasteiger partial charge < -0.3 is 4.57 Å². The fourth-order valence-corrected chi connectivity index (χ4v) is 3.95. The predicted molar refractivity (Wildman–Crippen MR) is 104 cm³/mol. The smallest absolute Gasteiger partial charge is 0.0759 e. The maximum Gasteiger partial charge on any atom is 0.0759 e. The average Bonchev–Trinajstić information content (AvgIpc) is 3.00. The lowest BCUT2D eigenvalue weighted by atomic mass is 9.99. The molecule has 0 unspecified atom stereocenters. The average molecular weight is 330 g/mol. The van der Waals surface area contributed by atoms with Crippen LogP contribution in [0, 0.1) is 13.8 Å². The molecule has 3 aromatic rings. The quantitative estimate of drug-likeness (QED) is 0.648. The van der Waals surface area contributed by atoms with E-state index in [0.717, 1.165) is 19.6 Å². The molecule has 0 amide bonds. The molecular formula is C23H26N2. The van der Waals surface area contributed by atoms with Crippen LogP contribution in [0.25, 0.3) is 0 Å². The molecule has 0 saturated carbocycles. The molecule has 0 bridgehead atoms. The first-order valence-electron chi connectivity index (χ1n) is 9.22. The highest BCUT2D eigenvalue weighted by atomic mass is 15.2. The zero-order valence-electron chi connectivity index (χ0n) is 15.2. The number of fused-ring (bicyclic) bond motifs is 1. The highest BCUT2D eigenvalue weighted by molar-refractivity contribution is 5.33. The summed E-state index contributed by atoms with van der Waals surface area (Å²) < 4.78 is 2.43. The number of aryl methyl sites for hydroxylation is 3. The second-order valence-corrected chi connectivity index (χ2v) is 7.19. The van der Waals surface area contributed by atoms with Gasteiger partial charge in [0.1, 0.15) is 0 Å². The van der Waals surface area contributed by atoms with E-state index in [-0.39, 0.29) is 0 Å². The van der Waals surface area contributed by atoms with Gasteiger partial charge in [-0.15, -0.1) is 0 Å². The van der Waals surface area contributed by atoms with Gasteiger partial charge in [-0.3, -0.25) is 4.90 Å². The molecule has 2 heteroatoms. The lowest BCUT2D eigenvalue weighted by molar-refractivity contribution is 0.220. The molecule has 0 aliphatic carbocycles. The van der Waals surface area contributed by atoms with Gasteiger partial charge in [-0.2, -0.15) is 0 Å². The number of hydrogen-bond donors (Lipinski definition) is 0. The van der Waals surface area contributed by atoms with Crippen LogP contribution < -0.4 is 0 Å². The summed E-state index contributed by atoms with van der Waals surface area (Å²) >= 11 is 0. The lowest BCUT2D eigenvalue weighted by Gasteiger charge is -2.31. The zero-order chi connectivity index (χ0) is 17.2. The lowest BCUT2D eigenvalue weighted by Crippen LogP contribution is -2.29. The van der Waals surface area contributed by atoms with Crippen molar-refractivity contribution in [3.8, 4) is 0 Å². The van der Waals surface area contributed by atoms with Gasteiger partial charge in [-0.05, 0) is 49.1 Å². The molecule has 0 spiro atoms. The third kappa shape index (κ3) is 3.27. The van der Waals surface area contributed by atoms with Crippen LogP contribution >= 0.6 is 0 Å². The molecule has 0 fully saturated rings. The van der Waals surface area contributed by atoms with Crippen LogP contribution in [0.15, 0.2) is 66.9 Å². The molecule has 1 atom stereocenters. The van der Waals surface area contributed by atoms with Gasteiger partial charge in [-0.1, -0.05) is 54.1 Å². The van der Waals surface area contributed by atoms with Gasteiger partial charge in [0, 0.05) is 31.5 Å². The first-order chi connectivity index (χ1) is 12.2. The maximum atomic E-state index is 2.64. The van der Waals surface area contributed by atoms with E-state index in [9.17, 15) is 0 Å². The molecule has 2 nitrogen and oxygen atoms in total. The Bertz CT molecular complexity index is 845. The molecule has 0 saturated heterocycles. The van der Waals surface area contributed by atoms with E-state index in [1.165, 1.54) is 34.4 Å². The number of rotatable bonds is 3. The monoisotopic (exact) mass is 330 g/mol. The largest absolute Gasteiger partial charge is 0.350 e. The zero-order valence-corrected chi connectivity index (χ0v) is 15.2. The summed E-state index contributed by atoms with van der Waals surface area (Å²) in [5.41, 5.74) is 6.93. The number of nitrogens with zero attached hydrogens (tertiary/aromatic N) is 2. The van der Waals surface area contributed by atoms with E-state index in [1.54, 1.807) is 0 Å². The molecule has 0 N–H and O–H groups in total. The van der Waals surface area contributed by atoms with E-state index in [1.807, 2.05) is 0 Å². The van der Waals surface area contributed by atoms with Crippen LogP contribution in [-0.2, 0) is 13.1 Å². The number of aromatic nitrogens is 1. The Morgan fingerprint density at radius 3 is 2.48 bits per heavy atom. The maximum absolute atomic E-state index is 2.64. The second kappa shape index (κ2) is 6.89. The normalized spacial score (nSPS) is 17.9. The van der Waals surface area contributed by atoms with Crippen molar-refractivity contribution in [2.24, 2.45) is 0 Å². The summed E-state index contributed by atoms with van der Waals surface area (Å²) in [6.07, 6.45) is 3.42. The van der Waals surface area contributed by atoms with E-state index >= 15 is 0 Å². The highest BCUT2D eigenvalue weighted by Crippen LogP contribution is 2.33. The van der Waals surface area contributed by atoms with Crippen molar-refractivity contribution >= 4 is 0 Å². The summed E-state index contributed by atoms with van der Waals surface area (Å²) in [6, 6.07) is 22.6. The van der Waals surface area contributed by atoms with Crippen LogP contribution in [0.3, 0.4) is 0 Å². The topological polar surface area (TPSA) is 8.17 Å². The minimum Gasteiger partial charge on any atom is -0.350 e. The Kier molecular flexibility index (Phi) is 4.46. The van der Waals surface area contributed by atoms with E-state index in [2.05, 4.69) is 90.2 Å². The molecule has 1 aromatic heterocycles. The molecule has 1 aliphatic heterocycles. The van der Waals surface area contributed by atoms with E-state index in [4.69, 9.17) is 0 Å². The molecule has 0 radical (unpaired) electrons. The van der Waals surface area contributed by atoms with Crippen molar-refractivity contribution in [1.29, 1.82) is 0 Å². The SMILES string of the molecule is Cc1ccc([C@@H]2c3cccn3CCCN2Cc2ccccc2C)cc1. The third-order valence-electron chi connectivity index (χ3n) is 5.38. The fourth-order valence-electron chi connectivity index (χ4n) is 3.95. The Morgan fingerprint density at radius 2 is 1.68 bits per heavy atom. The Morgan fingerprint density at radius 1 is 0.880 bits per heavy atom. The summed E-state index contributed by atoms with van der Waals surface area (Å²) in [6.45, 7) is 7.60. The predicted octanol–water partition coefficient (Wildman–Crippen LogP) is 5.10. The van der Waals surface area contributed by atoms with Crippen LogP contribution in [0.2, 0.25) is 0 Å². The van der Waals surface area contributed by atoms with Crippen LogP contribution in [-0.4, -0.2) is 16.0 Å². The summed E-state index contributed by atoms with van der Waals surface area (Å²) in [7, 11) is 0. The van der Waals surface area contributed by atoms with Gasteiger partial charge in [0.05, 0.1) is 6.04 Å². The van der Waals surface area contributed by atoms with Crippen LogP contribution in [0.1, 0.15) is 40.4 Å². The van der Waals surface area contributed by atoms with Crippen molar-refractivity contribution in [2.45, 2.75) is 39.4 Å². The Balaban J connectivity index is 1.75. The van der Waals surface area contributed by atoms with E-state index < -0.39 is 0 Å². The minimum absolute atomic E-state index is 0.317. The van der Waals surface area contributed by atoms with Crippen molar-refractivity contribution in [1.82, 2.24) is 9.47 Å². The third-order valence-corrected chi connectivity index (χ3v) is 5.38. The molecule has 2 aromatic carbocycles. The second-order valence-electron chi connectivity index (χ2n) is 7.19. The molecule has 128 valence electrons. The summed E-state index contributed by atoms with van der Waals surface area (Å²) in [5, 5.41) is 0. The highest BCUT2D eigenvalue weighted by Gasteiger charge is 2.27. The number of benzene rings is 2. The summed E-state index contributed by atoms with van der Waals surface area (Å²) in [4.78, 5) is 2.64. The molecular weight excluding hydrogens is 304 g/mol. The molecule has 25 heavy (non-hydrogen) atoms. The molecule has 4 rings (SSSR count). The van der Waals surface area contributed by atoms with Crippen molar-refractivity contribution < 1.29 is 0 Å². The van der Waals surface area contributed by atoms with Gasteiger partial charge in [0.15, 0.2) is 0 Å². The standard InChI is InChI=1S/C23H26N2/c1-18-10-12-20(13-11-18)23-22-9-5-14-24(22)15-6-16-25(23)17-21-8-4-3-7-19(21)2/h3-5,7-14,23H,6,15-17H2,1-2H3/t23-/m1/s1. The van der Waals surface area contributed by atoms with Crippen molar-refractivity contribution in [3.05, 3.63) is 94.8 Å². The van der Waals surface area contributed by atoms with Crippen LogP contribution in [0.5, 0.6) is 0 Å². The fraction of sp³-hybridized carbons (Fsp3) is 0.304. The Labute approximate surface area is 150 Å². The van der Waals surface area contributed by atoms with Crippen molar-refractivity contribution in [2.75, 3.05) is 6.54 Å². The molecule has 2 heterocycles. The minimum atomic E-state index is 0.317.